The van der Waals surface area contributed by atoms with Crippen LogP contribution in [0.25, 0.3) is 0 Å². The van der Waals surface area contributed by atoms with Crippen molar-refractivity contribution in [1.82, 2.24) is 10.2 Å². The molecule has 8 heteroatoms. The molecule has 0 bridgehead atoms. The average Bonchev–Trinajstić information content (AvgIpc) is 2.34. The number of amides is 3. The summed E-state index contributed by atoms with van der Waals surface area (Å²) in [6, 6.07) is 1.36. The number of ether oxygens (including phenoxy) is 1. The highest BCUT2D eigenvalue weighted by Gasteiger charge is 2.17. The van der Waals surface area contributed by atoms with Crippen molar-refractivity contribution in [3.8, 4) is 6.07 Å². The SMILES string of the molecule is CCN(CC(C)C#N)C(=O)NC(=O)COCC(=O)O. The normalized spacial score (nSPS) is 11.2. The molecule has 0 rings (SSSR count). The number of carboxylic acid groups (broad SMARTS) is 1. The first-order valence-corrected chi connectivity index (χ1v) is 5.68. The molecule has 1 atom stereocenters. The van der Waals surface area contributed by atoms with E-state index < -0.39 is 31.1 Å². The third-order valence-corrected chi connectivity index (χ3v) is 2.09. The van der Waals surface area contributed by atoms with E-state index in [1.54, 1.807) is 13.8 Å². The number of aliphatic carboxylic acids is 1. The van der Waals surface area contributed by atoms with Gasteiger partial charge in [-0.3, -0.25) is 10.1 Å². The molecule has 19 heavy (non-hydrogen) atoms. The first-order valence-electron chi connectivity index (χ1n) is 5.68. The lowest BCUT2D eigenvalue weighted by Gasteiger charge is -2.21. The monoisotopic (exact) mass is 271 g/mol. The minimum atomic E-state index is -1.20. The van der Waals surface area contributed by atoms with Crippen molar-refractivity contribution in [3.05, 3.63) is 0 Å². The first-order chi connectivity index (χ1) is 8.90. The summed E-state index contributed by atoms with van der Waals surface area (Å²) in [6.07, 6.45) is 0. The highest BCUT2D eigenvalue weighted by Crippen LogP contribution is 1.98. The van der Waals surface area contributed by atoms with Crippen LogP contribution in [0.15, 0.2) is 0 Å². The lowest BCUT2D eigenvalue weighted by molar-refractivity contribution is -0.143. The number of nitrogens with zero attached hydrogens (tertiary/aromatic N) is 2. The van der Waals surface area contributed by atoms with Crippen LogP contribution in [-0.4, -0.2) is 54.2 Å². The van der Waals surface area contributed by atoms with Crippen LogP contribution in [0.5, 0.6) is 0 Å². The van der Waals surface area contributed by atoms with Gasteiger partial charge >= 0.3 is 12.0 Å². The van der Waals surface area contributed by atoms with Gasteiger partial charge < -0.3 is 14.7 Å². The van der Waals surface area contributed by atoms with Crippen molar-refractivity contribution in [3.63, 3.8) is 0 Å². The van der Waals surface area contributed by atoms with E-state index in [-0.39, 0.29) is 12.5 Å². The Kier molecular flexibility index (Phi) is 7.88. The maximum atomic E-state index is 11.6. The van der Waals surface area contributed by atoms with Gasteiger partial charge in [0.1, 0.15) is 13.2 Å². The van der Waals surface area contributed by atoms with Crippen LogP contribution in [0.1, 0.15) is 13.8 Å². The Morgan fingerprint density at radius 3 is 2.53 bits per heavy atom. The summed E-state index contributed by atoms with van der Waals surface area (Å²) in [4.78, 5) is 34.4. The molecular weight excluding hydrogens is 254 g/mol. The van der Waals surface area contributed by atoms with Crippen LogP contribution in [0.4, 0.5) is 4.79 Å². The summed E-state index contributed by atoms with van der Waals surface area (Å²) < 4.78 is 4.54. The maximum Gasteiger partial charge on any atom is 0.329 e. The van der Waals surface area contributed by atoms with Crippen molar-refractivity contribution in [2.45, 2.75) is 13.8 Å². The van der Waals surface area contributed by atoms with Crippen LogP contribution in [-0.2, 0) is 14.3 Å². The standard InChI is InChI=1S/C11H17N3O5/c1-3-14(5-8(2)4-12)11(18)13-9(15)6-19-7-10(16)17/h8H,3,5-7H2,1-2H3,(H,16,17)(H,13,15,18). The van der Waals surface area contributed by atoms with Gasteiger partial charge in [-0.05, 0) is 13.8 Å². The molecule has 0 aromatic carbocycles. The van der Waals surface area contributed by atoms with Gasteiger partial charge in [0.25, 0.3) is 5.91 Å². The van der Waals surface area contributed by atoms with Gasteiger partial charge in [-0.1, -0.05) is 0 Å². The number of hydrogen-bond acceptors (Lipinski definition) is 5. The second-order valence-corrected chi connectivity index (χ2v) is 3.81. The highest BCUT2D eigenvalue weighted by molar-refractivity contribution is 5.95. The minimum Gasteiger partial charge on any atom is -0.480 e. The number of carbonyl (C=O) groups is 3. The molecule has 106 valence electrons. The van der Waals surface area contributed by atoms with Crippen molar-refractivity contribution >= 4 is 17.9 Å². The summed E-state index contributed by atoms with van der Waals surface area (Å²) in [5, 5.41) is 19.0. The zero-order valence-corrected chi connectivity index (χ0v) is 10.9. The second-order valence-electron chi connectivity index (χ2n) is 3.81. The number of urea groups is 1. The van der Waals surface area contributed by atoms with Crippen LogP contribution in [0.2, 0.25) is 0 Å². The van der Waals surface area contributed by atoms with Gasteiger partial charge in [0.05, 0.1) is 12.0 Å². The summed E-state index contributed by atoms with van der Waals surface area (Å²) in [7, 11) is 0. The Labute approximate surface area is 110 Å². The van der Waals surface area contributed by atoms with E-state index in [1.165, 1.54) is 4.90 Å². The number of imide groups is 1. The second kappa shape index (κ2) is 8.88. The van der Waals surface area contributed by atoms with E-state index in [4.69, 9.17) is 10.4 Å². The molecule has 2 N–H and O–H groups in total. The fourth-order valence-electron chi connectivity index (χ4n) is 1.19. The van der Waals surface area contributed by atoms with E-state index in [1.807, 2.05) is 6.07 Å². The van der Waals surface area contributed by atoms with E-state index in [2.05, 4.69) is 10.1 Å². The zero-order valence-electron chi connectivity index (χ0n) is 10.9. The molecule has 0 aliphatic heterocycles. The van der Waals surface area contributed by atoms with Crippen LogP contribution < -0.4 is 5.32 Å². The topological polar surface area (TPSA) is 120 Å². The third kappa shape index (κ3) is 7.72. The maximum absolute atomic E-state index is 11.6. The Morgan fingerprint density at radius 2 is 2.05 bits per heavy atom. The van der Waals surface area contributed by atoms with Gasteiger partial charge in [0.2, 0.25) is 0 Å². The van der Waals surface area contributed by atoms with Gasteiger partial charge in [-0.2, -0.15) is 5.26 Å². The van der Waals surface area contributed by atoms with Crippen molar-refractivity contribution in [2.75, 3.05) is 26.3 Å². The Balaban J connectivity index is 4.15. The van der Waals surface area contributed by atoms with E-state index in [0.717, 1.165) is 0 Å². The molecule has 0 spiro atoms. The zero-order chi connectivity index (χ0) is 14.8. The molecule has 0 aliphatic carbocycles. The third-order valence-electron chi connectivity index (χ3n) is 2.09. The van der Waals surface area contributed by atoms with Gasteiger partial charge in [-0.15, -0.1) is 0 Å². The molecule has 0 radical (unpaired) electrons. The molecule has 8 nitrogen and oxygen atoms in total. The molecule has 0 aromatic rings. The fraction of sp³-hybridized carbons (Fsp3) is 0.636. The smallest absolute Gasteiger partial charge is 0.329 e. The molecule has 0 fully saturated rings. The lowest BCUT2D eigenvalue weighted by Crippen LogP contribution is -2.45. The average molecular weight is 271 g/mol. The molecule has 1 unspecified atom stereocenters. The Hall–Kier alpha value is -2.14. The molecule has 0 aromatic heterocycles. The summed E-state index contributed by atoms with van der Waals surface area (Å²) in [6.45, 7) is 2.82. The van der Waals surface area contributed by atoms with Crippen LogP contribution in [0.3, 0.4) is 0 Å². The molecule has 0 saturated heterocycles. The largest absolute Gasteiger partial charge is 0.480 e. The molecule has 0 aliphatic rings. The van der Waals surface area contributed by atoms with Crippen molar-refractivity contribution in [2.24, 2.45) is 5.92 Å². The molecular formula is C11H17N3O5. The van der Waals surface area contributed by atoms with Crippen LogP contribution >= 0.6 is 0 Å². The van der Waals surface area contributed by atoms with Gasteiger partial charge in [0.15, 0.2) is 0 Å². The number of nitriles is 1. The number of hydrogen-bond donors (Lipinski definition) is 2. The number of nitrogens with one attached hydrogen (secondary N) is 1. The Bertz CT molecular complexity index is 377. The molecule has 0 saturated carbocycles. The minimum absolute atomic E-state index is 0.210. The number of rotatable bonds is 7. The molecule has 0 heterocycles. The van der Waals surface area contributed by atoms with E-state index >= 15 is 0 Å². The predicted molar refractivity (Wildman–Crippen MR) is 64.0 cm³/mol. The van der Waals surface area contributed by atoms with Gasteiger partial charge in [-0.25, -0.2) is 9.59 Å². The number of carbonyl (C=O) groups excluding carboxylic acids is 2. The van der Waals surface area contributed by atoms with E-state index in [9.17, 15) is 14.4 Å². The van der Waals surface area contributed by atoms with Crippen LogP contribution in [0, 0.1) is 17.2 Å². The summed E-state index contributed by atoms with van der Waals surface area (Å²) in [5.74, 6) is -2.27. The van der Waals surface area contributed by atoms with E-state index in [0.29, 0.717) is 6.54 Å². The van der Waals surface area contributed by atoms with Gasteiger partial charge in [0, 0.05) is 13.1 Å². The Morgan fingerprint density at radius 1 is 1.42 bits per heavy atom. The fourth-order valence-corrected chi connectivity index (χ4v) is 1.19. The van der Waals surface area contributed by atoms with Crippen molar-refractivity contribution < 1.29 is 24.2 Å². The summed E-state index contributed by atoms with van der Waals surface area (Å²) in [5.41, 5.74) is 0. The predicted octanol–water partition coefficient (Wildman–Crippen LogP) is -0.195. The first kappa shape index (κ1) is 16.9. The summed E-state index contributed by atoms with van der Waals surface area (Å²) >= 11 is 0. The number of carboxylic acids is 1. The molecule has 3 amide bonds. The lowest BCUT2D eigenvalue weighted by atomic mass is 10.2. The van der Waals surface area contributed by atoms with Crippen molar-refractivity contribution in [1.29, 1.82) is 5.26 Å². The quantitative estimate of drug-likeness (QED) is 0.662. The highest BCUT2D eigenvalue weighted by atomic mass is 16.5.